The van der Waals surface area contributed by atoms with Crippen LogP contribution in [0, 0.1) is 0 Å². The van der Waals surface area contributed by atoms with Crippen molar-refractivity contribution in [3.8, 4) is 11.1 Å². The average molecular weight is 403 g/mol. The van der Waals surface area contributed by atoms with Crippen molar-refractivity contribution >= 4 is 17.5 Å². The van der Waals surface area contributed by atoms with Gasteiger partial charge in [0.15, 0.2) is 5.69 Å². The third-order valence-corrected chi connectivity index (χ3v) is 4.61. The molecule has 30 heavy (non-hydrogen) atoms. The summed E-state index contributed by atoms with van der Waals surface area (Å²) in [7, 11) is 1.53. The van der Waals surface area contributed by atoms with Gasteiger partial charge in [-0.15, -0.1) is 0 Å². The molecule has 2 aromatic heterocycles. The van der Waals surface area contributed by atoms with Crippen LogP contribution in [0.15, 0.2) is 61.1 Å². The average Bonchev–Trinajstić information content (AvgIpc) is 2.79. The number of anilines is 1. The second-order valence-electron chi connectivity index (χ2n) is 6.77. The molecule has 7 nitrogen and oxygen atoms in total. The molecule has 0 bridgehead atoms. The number of aromatic nitrogens is 2. The molecule has 0 aliphatic carbocycles. The summed E-state index contributed by atoms with van der Waals surface area (Å²) in [6.07, 6.45) is 6.01. The molecule has 2 heterocycles. The first-order valence-electron chi connectivity index (χ1n) is 9.81. The van der Waals surface area contributed by atoms with Crippen molar-refractivity contribution in [3.05, 3.63) is 77.9 Å². The summed E-state index contributed by atoms with van der Waals surface area (Å²) in [6.45, 7) is 2.71. The summed E-state index contributed by atoms with van der Waals surface area (Å²) >= 11 is 0. The highest BCUT2D eigenvalue weighted by molar-refractivity contribution is 6.03. The monoisotopic (exact) mass is 403 g/mol. The molecular formula is C23H25N5O2. The molecule has 0 unspecified atom stereocenters. The lowest BCUT2D eigenvalue weighted by Gasteiger charge is -2.13. The fourth-order valence-corrected chi connectivity index (χ4v) is 3.01. The number of hydrogen-bond acceptors (Lipinski definition) is 5. The number of nitrogens with zero attached hydrogens (tertiary/aromatic N) is 2. The molecule has 0 spiro atoms. The number of hydrogen-bond donors (Lipinski definition) is 3. The number of pyridine rings is 2. The Labute approximate surface area is 176 Å². The van der Waals surface area contributed by atoms with E-state index in [1.54, 1.807) is 24.7 Å². The molecule has 7 heteroatoms. The SMILES string of the molecule is CCc1cccc(-c2cnc(C(=O)NC)c(NC(=O)CNCc3cccnc3)c2)c1. The van der Waals surface area contributed by atoms with Gasteiger partial charge in [-0.2, -0.15) is 0 Å². The van der Waals surface area contributed by atoms with Gasteiger partial charge in [-0.1, -0.05) is 37.3 Å². The third kappa shape index (κ3) is 5.48. The minimum atomic E-state index is -0.359. The zero-order valence-electron chi connectivity index (χ0n) is 17.1. The quantitative estimate of drug-likeness (QED) is 0.538. The summed E-state index contributed by atoms with van der Waals surface area (Å²) in [4.78, 5) is 33.0. The maximum atomic E-state index is 12.5. The fourth-order valence-electron chi connectivity index (χ4n) is 3.01. The Morgan fingerprint density at radius 1 is 1.00 bits per heavy atom. The van der Waals surface area contributed by atoms with E-state index < -0.39 is 0 Å². The summed E-state index contributed by atoms with van der Waals surface area (Å²) in [6, 6.07) is 13.7. The van der Waals surface area contributed by atoms with Crippen molar-refractivity contribution in [1.29, 1.82) is 0 Å². The zero-order chi connectivity index (χ0) is 21.3. The lowest BCUT2D eigenvalue weighted by molar-refractivity contribution is -0.115. The molecule has 3 N–H and O–H groups in total. The van der Waals surface area contributed by atoms with E-state index in [-0.39, 0.29) is 24.1 Å². The van der Waals surface area contributed by atoms with Gasteiger partial charge < -0.3 is 16.0 Å². The Morgan fingerprint density at radius 2 is 1.83 bits per heavy atom. The predicted octanol–water partition coefficient (Wildman–Crippen LogP) is 2.79. The number of carbonyl (C=O) groups is 2. The first-order chi connectivity index (χ1) is 14.6. The van der Waals surface area contributed by atoms with Crippen molar-refractivity contribution in [3.63, 3.8) is 0 Å². The number of amides is 2. The smallest absolute Gasteiger partial charge is 0.271 e. The molecule has 0 saturated heterocycles. The van der Waals surface area contributed by atoms with E-state index in [1.165, 1.54) is 12.6 Å². The lowest BCUT2D eigenvalue weighted by atomic mass is 10.0. The molecule has 0 radical (unpaired) electrons. The van der Waals surface area contributed by atoms with E-state index in [0.717, 1.165) is 23.1 Å². The highest BCUT2D eigenvalue weighted by Crippen LogP contribution is 2.25. The van der Waals surface area contributed by atoms with E-state index in [9.17, 15) is 9.59 Å². The maximum Gasteiger partial charge on any atom is 0.271 e. The van der Waals surface area contributed by atoms with E-state index >= 15 is 0 Å². The van der Waals surface area contributed by atoms with E-state index in [1.807, 2.05) is 24.3 Å². The van der Waals surface area contributed by atoms with Crippen LogP contribution in [0.5, 0.6) is 0 Å². The van der Waals surface area contributed by atoms with Crippen molar-refractivity contribution in [2.24, 2.45) is 0 Å². The van der Waals surface area contributed by atoms with Gasteiger partial charge in [0.1, 0.15) is 0 Å². The van der Waals surface area contributed by atoms with Gasteiger partial charge in [-0.05, 0) is 35.2 Å². The third-order valence-electron chi connectivity index (χ3n) is 4.61. The summed E-state index contributed by atoms with van der Waals surface area (Å²) in [5.41, 5.74) is 4.55. The number of rotatable bonds is 8. The van der Waals surface area contributed by atoms with Gasteiger partial charge in [0.25, 0.3) is 5.91 Å². The molecular weight excluding hydrogens is 378 g/mol. The van der Waals surface area contributed by atoms with Gasteiger partial charge in [-0.3, -0.25) is 14.6 Å². The van der Waals surface area contributed by atoms with Gasteiger partial charge >= 0.3 is 0 Å². The molecule has 1 aromatic carbocycles. The Kier molecular flexibility index (Phi) is 7.24. The number of carbonyl (C=O) groups excluding carboxylic acids is 2. The van der Waals surface area contributed by atoms with Gasteiger partial charge in [0.05, 0.1) is 12.2 Å². The van der Waals surface area contributed by atoms with Crippen molar-refractivity contribution in [2.75, 3.05) is 18.9 Å². The van der Waals surface area contributed by atoms with Crippen LogP contribution in [0.3, 0.4) is 0 Å². The Bertz CT molecular complexity index is 1020. The van der Waals surface area contributed by atoms with Crippen LogP contribution in [-0.4, -0.2) is 35.4 Å². The molecule has 0 aliphatic rings. The summed E-state index contributed by atoms with van der Waals surface area (Å²) in [5, 5.41) is 8.44. The highest BCUT2D eigenvalue weighted by atomic mass is 16.2. The molecule has 2 amide bonds. The Hall–Kier alpha value is -3.58. The van der Waals surface area contributed by atoms with E-state index in [4.69, 9.17) is 0 Å². The maximum absolute atomic E-state index is 12.5. The van der Waals surface area contributed by atoms with Crippen LogP contribution < -0.4 is 16.0 Å². The lowest BCUT2D eigenvalue weighted by Crippen LogP contribution is -2.29. The number of benzene rings is 1. The predicted molar refractivity (Wildman–Crippen MR) is 117 cm³/mol. The van der Waals surface area contributed by atoms with Crippen LogP contribution in [0.25, 0.3) is 11.1 Å². The van der Waals surface area contributed by atoms with Gasteiger partial charge in [-0.25, -0.2) is 4.98 Å². The Balaban J connectivity index is 1.76. The largest absolute Gasteiger partial charge is 0.354 e. The first-order valence-corrected chi connectivity index (χ1v) is 9.81. The second-order valence-corrected chi connectivity index (χ2v) is 6.77. The summed E-state index contributed by atoms with van der Waals surface area (Å²) in [5.74, 6) is -0.618. The molecule has 0 atom stereocenters. The van der Waals surface area contributed by atoms with Crippen LogP contribution in [-0.2, 0) is 17.8 Å². The Morgan fingerprint density at radius 3 is 2.57 bits per heavy atom. The van der Waals surface area contributed by atoms with Gasteiger partial charge in [0, 0.05) is 37.7 Å². The molecule has 0 fully saturated rings. The molecule has 0 aliphatic heterocycles. The molecule has 3 aromatic rings. The number of aryl methyl sites for hydroxylation is 1. The highest BCUT2D eigenvalue weighted by Gasteiger charge is 2.15. The topological polar surface area (TPSA) is 96.0 Å². The molecule has 3 rings (SSSR count). The molecule has 0 saturated carbocycles. The fraction of sp³-hybridized carbons (Fsp3) is 0.217. The number of nitrogens with one attached hydrogen (secondary N) is 3. The second kappa shape index (κ2) is 10.3. The van der Waals surface area contributed by atoms with Gasteiger partial charge in [0.2, 0.25) is 5.91 Å². The van der Waals surface area contributed by atoms with E-state index in [0.29, 0.717) is 12.2 Å². The van der Waals surface area contributed by atoms with Crippen molar-refractivity contribution in [2.45, 2.75) is 19.9 Å². The zero-order valence-corrected chi connectivity index (χ0v) is 17.1. The van der Waals surface area contributed by atoms with Crippen LogP contribution in [0.1, 0.15) is 28.5 Å². The van der Waals surface area contributed by atoms with E-state index in [2.05, 4.69) is 45.0 Å². The standard InChI is InChI=1S/C23H25N5O2/c1-3-16-6-4-8-18(10-16)19-11-20(22(27-14-19)23(30)24-2)28-21(29)15-26-13-17-7-5-9-25-12-17/h4-12,14,26H,3,13,15H2,1-2H3,(H,24,30)(H,28,29). The van der Waals surface area contributed by atoms with Crippen LogP contribution >= 0.6 is 0 Å². The van der Waals surface area contributed by atoms with Crippen molar-refractivity contribution < 1.29 is 9.59 Å². The normalized spacial score (nSPS) is 10.5. The minimum absolute atomic E-state index is 0.0949. The molecule has 154 valence electrons. The van der Waals surface area contributed by atoms with Crippen LogP contribution in [0.4, 0.5) is 5.69 Å². The van der Waals surface area contributed by atoms with Crippen molar-refractivity contribution in [1.82, 2.24) is 20.6 Å². The van der Waals surface area contributed by atoms with Crippen LogP contribution in [0.2, 0.25) is 0 Å². The first kappa shape index (κ1) is 21.1. The summed E-state index contributed by atoms with van der Waals surface area (Å²) < 4.78 is 0. The minimum Gasteiger partial charge on any atom is -0.354 e.